The van der Waals surface area contributed by atoms with Crippen LogP contribution in [0.2, 0.25) is 0 Å². The van der Waals surface area contributed by atoms with E-state index in [1.807, 2.05) is 0 Å². The Labute approximate surface area is 116 Å². The molecule has 1 heterocycles. The van der Waals surface area contributed by atoms with Crippen molar-refractivity contribution in [2.45, 2.75) is 4.90 Å². The van der Waals surface area contributed by atoms with E-state index in [1.54, 1.807) is 12.1 Å². The Bertz CT molecular complexity index is 729. The number of rotatable bonds is 4. The summed E-state index contributed by atoms with van der Waals surface area (Å²) in [5.41, 5.74) is 0.370. The van der Waals surface area contributed by atoms with Crippen molar-refractivity contribution in [1.29, 1.82) is 0 Å². The number of carboxylic acids is 1. The SMILES string of the molecule is CN(c1ccncc1)S(=O)(=O)c1cccc(C(=O)O)c1. The van der Waals surface area contributed by atoms with Crippen LogP contribution in [0.5, 0.6) is 0 Å². The van der Waals surface area contributed by atoms with Gasteiger partial charge in [0.25, 0.3) is 10.0 Å². The molecule has 6 nitrogen and oxygen atoms in total. The van der Waals surface area contributed by atoms with Gasteiger partial charge in [-0.15, -0.1) is 0 Å². The van der Waals surface area contributed by atoms with Gasteiger partial charge in [0.15, 0.2) is 0 Å². The average molecular weight is 292 g/mol. The number of carbonyl (C=O) groups is 1. The number of aromatic carboxylic acids is 1. The summed E-state index contributed by atoms with van der Waals surface area (Å²) in [7, 11) is -2.40. The van der Waals surface area contributed by atoms with Crippen molar-refractivity contribution in [1.82, 2.24) is 4.98 Å². The van der Waals surface area contributed by atoms with Crippen molar-refractivity contribution < 1.29 is 18.3 Å². The molecular weight excluding hydrogens is 280 g/mol. The fourth-order valence-corrected chi connectivity index (χ4v) is 2.88. The van der Waals surface area contributed by atoms with Crippen molar-refractivity contribution in [3.63, 3.8) is 0 Å². The highest BCUT2D eigenvalue weighted by atomic mass is 32.2. The average Bonchev–Trinajstić information content (AvgIpc) is 2.47. The molecule has 0 atom stereocenters. The van der Waals surface area contributed by atoms with Gasteiger partial charge in [-0.3, -0.25) is 9.29 Å². The van der Waals surface area contributed by atoms with Crippen LogP contribution in [-0.2, 0) is 10.0 Å². The summed E-state index contributed by atoms with van der Waals surface area (Å²) in [5, 5.41) is 8.91. The molecule has 0 spiro atoms. The van der Waals surface area contributed by atoms with Crippen LogP contribution >= 0.6 is 0 Å². The summed E-state index contributed by atoms with van der Waals surface area (Å²) in [6, 6.07) is 8.34. The molecule has 0 aliphatic rings. The van der Waals surface area contributed by atoms with E-state index < -0.39 is 16.0 Å². The minimum atomic E-state index is -3.81. The van der Waals surface area contributed by atoms with E-state index in [9.17, 15) is 13.2 Å². The highest BCUT2D eigenvalue weighted by Crippen LogP contribution is 2.21. The molecule has 2 aromatic rings. The molecule has 0 fully saturated rings. The largest absolute Gasteiger partial charge is 0.478 e. The normalized spacial score (nSPS) is 11.1. The maximum atomic E-state index is 12.4. The Morgan fingerprint density at radius 1 is 1.20 bits per heavy atom. The van der Waals surface area contributed by atoms with Crippen LogP contribution in [0.25, 0.3) is 0 Å². The number of aromatic nitrogens is 1. The number of anilines is 1. The van der Waals surface area contributed by atoms with Gasteiger partial charge in [-0.25, -0.2) is 13.2 Å². The summed E-state index contributed by atoms with van der Waals surface area (Å²) >= 11 is 0. The number of carboxylic acid groups (broad SMARTS) is 1. The lowest BCUT2D eigenvalue weighted by Crippen LogP contribution is -2.26. The number of hydrogen-bond acceptors (Lipinski definition) is 4. The van der Waals surface area contributed by atoms with Crippen molar-refractivity contribution in [2.24, 2.45) is 0 Å². The lowest BCUT2D eigenvalue weighted by atomic mass is 10.2. The van der Waals surface area contributed by atoms with Crippen molar-refractivity contribution in [3.8, 4) is 0 Å². The second-order valence-electron chi connectivity index (χ2n) is 4.01. The molecule has 104 valence electrons. The number of hydrogen-bond donors (Lipinski definition) is 1. The lowest BCUT2D eigenvalue weighted by Gasteiger charge is -2.19. The molecule has 20 heavy (non-hydrogen) atoms. The van der Waals surface area contributed by atoms with E-state index in [4.69, 9.17) is 5.11 Å². The molecule has 0 unspecified atom stereocenters. The zero-order valence-electron chi connectivity index (χ0n) is 10.6. The van der Waals surface area contributed by atoms with E-state index in [0.29, 0.717) is 5.69 Å². The summed E-state index contributed by atoms with van der Waals surface area (Å²) in [6.07, 6.45) is 2.96. The Hall–Kier alpha value is -2.41. The van der Waals surface area contributed by atoms with E-state index in [-0.39, 0.29) is 10.5 Å². The highest BCUT2D eigenvalue weighted by Gasteiger charge is 2.22. The Morgan fingerprint density at radius 2 is 1.85 bits per heavy atom. The Morgan fingerprint density at radius 3 is 2.45 bits per heavy atom. The van der Waals surface area contributed by atoms with E-state index in [1.165, 1.54) is 37.6 Å². The zero-order chi connectivity index (χ0) is 14.8. The predicted molar refractivity (Wildman–Crippen MR) is 73.2 cm³/mol. The molecule has 0 saturated carbocycles. The highest BCUT2D eigenvalue weighted by molar-refractivity contribution is 7.92. The minimum Gasteiger partial charge on any atom is -0.478 e. The maximum absolute atomic E-state index is 12.4. The molecule has 0 saturated heterocycles. The number of nitrogens with zero attached hydrogens (tertiary/aromatic N) is 2. The number of benzene rings is 1. The van der Waals surface area contributed by atoms with Crippen LogP contribution < -0.4 is 4.31 Å². The number of pyridine rings is 1. The third-order valence-electron chi connectivity index (χ3n) is 2.77. The second kappa shape index (κ2) is 5.30. The topological polar surface area (TPSA) is 87.6 Å². The quantitative estimate of drug-likeness (QED) is 0.925. The molecule has 0 aliphatic carbocycles. The third kappa shape index (κ3) is 2.62. The first-order chi connectivity index (χ1) is 9.43. The zero-order valence-corrected chi connectivity index (χ0v) is 11.4. The molecular formula is C13H12N2O4S. The molecule has 0 aliphatic heterocycles. The molecule has 1 aromatic heterocycles. The first-order valence-corrected chi connectivity index (χ1v) is 7.09. The van der Waals surface area contributed by atoms with E-state index in [2.05, 4.69) is 4.98 Å². The van der Waals surface area contributed by atoms with Crippen LogP contribution in [0.4, 0.5) is 5.69 Å². The smallest absolute Gasteiger partial charge is 0.335 e. The van der Waals surface area contributed by atoms with Crippen molar-refractivity contribution in [3.05, 3.63) is 54.4 Å². The van der Waals surface area contributed by atoms with Crippen LogP contribution in [0.15, 0.2) is 53.7 Å². The Kier molecular flexibility index (Phi) is 3.71. The Balaban J connectivity index is 2.45. The van der Waals surface area contributed by atoms with Crippen molar-refractivity contribution >= 4 is 21.7 Å². The summed E-state index contributed by atoms with van der Waals surface area (Å²) in [4.78, 5) is 14.7. The van der Waals surface area contributed by atoms with Crippen molar-refractivity contribution in [2.75, 3.05) is 11.4 Å². The summed E-state index contributed by atoms with van der Waals surface area (Å²) < 4.78 is 25.9. The minimum absolute atomic E-state index is 0.0725. The molecule has 0 bridgehead atoms. The summed E-state index contributed by atoms with van der Waals surface area (Å²) in [5.74, 6) is -1.17. The monoisotopic (exact) mass is 292 g/mol. The molecule has 1 aromatic carbocycles. The van der Waals surface area contributed by atoms with Gasteiger partial charge in [-0.1, -0.05) is 6.07 Å². The van der Waals surface area contributed by atoms with Gasteiger partial charge < -0.3 is 5.11 Å². The standard InChI is InChI=1S/C13H12N2O4S/c1-15(11-5-7-14-8-6-11)20(18,19)12-4-2-3-10(9-12)13(16)17/h2-9H,1H3,(H,16,17). The van der Waals surface area contributed by atoms with Gasteiger partial charge in [0.2, 0.25) is 0 Å². The first kappa shape index (κ1) is 14.0. The molecule has 1 N–H and O–H groups in total. The maximum Gasteiger partial charge on any atom is 0.335 e. The van der Waals surface area contributed by atoms with E-state index >= 15 is 0 Å². The van der Waals surface area contributed by atoms with Gasteiger partial charge in [-0.05, 0) is 30.3 Å². The summed E-state index contributed by atoms with van der Waals surface area (Å²) in [6.45, 7) is 0. The first-order valence-electron chi connectivity index (χ1n) is 5.65. The lowest BCUT2D eigenvalue weighted by molar-refractivity contribution is 0.0696. The number of sulfonamides is 1. The molecule has 0 radical (unpaired) electrons. The van der Waals surface area contributed by atoms with Crippen LogP contribution in [0.3, 0.4) is 0 Å². The molecule has 0 amide bonds. The van der Waals surface area contributed by atoms with Gasteiger partial charge >= 0.3 is 5.97 Å². The van der Waals surface area contributed by atoms with Crippen LogP contribution in [-0.4, -0.2) is 31.5 Å². The van der Waals surface area contributed by atoms with Gasteiger partial charge in [0.05, 0.1) is 16.1 Å². The fourth-order valence-electron chi connectivity index (χ4n) is 1.64. The molecule has 7 heteroatoms. The van der Waals surface area contributed by atoms with Gasteiger partial charge in [0, 0.05) is 19.4 Å². The van der Waals surface area contributed by atoms with Gasteiger partial charge in [-0.2, -0.15) is 0 Å². The molecule has 2 rings (SSSR count). The van der Waals surface area contributed by atoms with Crippen LogP contribution in [0.1, 0.15) is 10.4 Å². The fraction of sp³-hybridized carbons (Fsp3) is 0.0769. The van der Waals surface area contributed by atoms with E-state index in [0.717, 1.165) is 10.4 Å². The predicted octanol–water partition coefficient (Wildman–Crippen LogP) is 1.60. The second-order valence-corrected chi connectivity index (χ2v) is 5.98. The third-order valence-corrected chi connectivity index (χ3v) is 4.55. The van der Waals surface area contributed by atoms with Gasteiger partial charge in [0.1, 0.15) is 0 Å². The van der Waals surface area contributed by atoms with Crippen LogP contribution in [0, 0.1) is 0 Å².